The Morgan fingerprint density at radius 2 is 1.81 bits per heavy atom. The number of thiazole rings is 1. The number of fused-ring (bicyclic) bond motifs is 1. The van der Waals surface area contributed by atoms with Gasteiger partial charge in [0.25, 0.3) is 5.56 Å². The summed E-state index contributed by atoms with van der Waals surface area (Å²) < 4.78 is 12.8. The highest BCUT2D eigenvalue weighted by Gasteiger charge is 2.32. The highest BCUT2D eigenvalue weighted by atomic mass is 32.1. The molecule has 0 radical (unpaired) electrons. The van der Waals surface area contributed by atoms with Gasteiger partial charge in [0.1, 0.15) is 5.75 Å². The van der Waals surface area contributed by atoms with Crippen LogP contribution in [0.5, 0.6) is 5.75 Å². The normalized spacial score (nSPS) is 16.0. The Bertz CT molecular complexity index is 1350. The third-order valence-corrected chi connectivity index (χ3v) is 6.07. The van der Waals surface area contributed by atoms with Crippen molar-refractivity contribution in [1.29, 1.82) is 0 Å². The van der Waals surface area contributed by atoms with Crippen LogP contribution in [0.3, 0.4) is 0 Å². The van der Waals surface area contributed by atoms with Gasteiger partial charge < -0.3 is 9.47 Å². The van der Waals surface area contributed by atoms with E-state index in [0.717, 1.165) is 16.9 Å². The summed E-state index contributed by atoms with van der Waals surface area (Å²) >= 11 is 1.31. The number of hydrogen-bond donors (Lipinski definition) is 0. The number of carbonyl (C=O) groups is 1. The highest BCUT2D eigenvalue weighted by molar-refractivity contribution is 7.07. The maximum absolute atomic E-state index is 13.5. The van der Waals surface area contributed by atoms with Gasteiger partial charge in [-0.1, -0.05) is 53.8 Å². The van der Waals surface area contributed by atoms with Gasteiger partial charge in [-0.15, -0.1) is 0 Å². The first-order chi connectivity index (χ1) is 15.4. The Morgan fingerprint density at radius 1 is 1.12 bits per heavy atom. The minimum Gasteiger partial charge on any atom is -0.491 e. The summed E-state index contributed by atoms with van der Waals surface area (Å²) in [7, 11) is 1.34. The number of aromatic nitrogens is 1. The second kappa shape index (κ2) is 8.96. The number of rotatable bonds is 5. The van der Waals surface area contributed by atoms with Gasteiger partial charge in [-0.2, -0.15) is 0 Å². The van der Waals surface area contributed by atoms with Crippen LogP contribution in [-0.2, 0) is 9.53 Å². The Labute approximate surface area is 189 Å². The Hall–Kier alpha value is -3.45. The van der Waals surface area contributed by atoms with Crippen molar-refractivity contribution in [3.8, 4) is 5.75 Å². The zero-order valence-electron chi connectivity index (χ0n) is 18.4. The monoisotopic (exact) mass is 448 g/mol. The molecule has 164 valence electrons. The number of hydrogen-bond acceptors (Lipinski definition) is 6. The van der Waals surface area contributed by atoms with Crippen LogP contribution in [0.15, 0.2) is 75.7 Å². The van der Waals surface area contributed by atoms with Crippen LogP contribution in [0.2, 0.25) is 0 Å². The number of allylic oxidation sites excluding steroid dienone is 1. The first kappa shape index (κ1) is 21.8. The highest BCUT2D eigenvalue weighted by Crippen LogP contribution is 2.30. The first-order valence-corrected chi connectivity index (χ1v) is 11.1. The molecule has 0 fully saturated rings. The zero-order chi connectivity index (χ0) is 22.8. The lowest BCUT2D eigenvalue weighted by molar-refractivity contribution is -0.136. The standard InChI is InChI=1S/C25H24N2O4S/c1-15(2)31-19-12-10-17(11-13-19)14-20-23(28)27-22(18-8-6-5-7-9-18)21(24(29)30-4)16(3)26-25(27)32-20/h5-15,22H,1-4H3/b20-14-. The summed E-state index contributed by atoms with van der Waals surface area (Å²) in [6.07, 6.45) is 1.93. The lowest BCUT2D eigenvalue weighted by Gasteiger charge is -2.24. The van der Waals surface area contributed by atoms with Crippen molar-refractivity contribution < 1.29 is 14.3 Å². The van der Waals surface area contributed by atoms with E-state index < -0.39 is 12.0 Å². The van der Waals surface area contributed by atoms with Crippen molar-refractivity contribution in [3.05, 3.63) is 96.7 Å². The molecule has 0 saturated carbocycles. The zero-order valence-corrected chi connectivity index (χ0v) is 19.2. The van der Waals surface area contributed by atoms with Gasteiger partial charge in [0, 0.05) is 0 Å². The molecule has 1 aliphatic heterocycles. The SMILES string of the molecule is COC(=O)C1=C(C)N=c2s/c(=C\c3ccc(OC(C)C)cc3)c(=O)n2C1c1ccccc1. The number of methoxy groups -OCH3 is 1. The molecule has 7 heteroatoms. The van der Waals surface area contributed by atoms with E-state index in [1.165, 1.54) is 18.4 Å². The molecule has 6 nitrogen and oxygen atoms in total. The molecule has 32 heavy (non-hydrogen) atoms. The molecule has 0 amide bonds. The van der Waals surface area contributed by atoms with Gasteiger partial charge in [-0.25, -0.2) is 9.79 Å². The van der Waals surface area contributed by atoms with Crippen molar-refractivity contribution in [2.75, 3.05) is 7.11 Å². The molecule has 0 aliphatic carbocycles. The van der Waals surface area contributed by atoms with E-state index in [0.29, 0.717) is 20.6 Å². The van der Waals surface area contributed by atoms with E-state index in [-0.39, 0.29) is 11.7 Å². The summed E-state index contributed by atoms with van der Waals surface area (Å²) in [5.41, 5.74) is 2.43. The van der Waals surface area contributed by atoms with Crippen LogP contribution >= 0.6 is 11.3 Å². The molecule has 0 spiro atoms. The van der Waals surface area contributed by atoms with Gasteiger partial charge >= 0.3 is 5.97 Å². The van der Waals surface area contributed by atoms with E-state index >= 15 is 0 Å². The molecular weight excluding hydrogens is 424 g/mol. The smallest absolute Gasteiger partial charge is 0.338 e. The average Bonchev–Trinajstić information content (AvgIpc) is 3.08. The largest absolute Gasteiger partial charge is 0.491 e. The number of esters is 1. The molecule has 2 aromatic carbocycles. The molecule has 2 heterocycles. The summed E-state index contributed by atoms with van der Waals surface area (Å²) in [5.74, 6) is 0.288. The molecule has 0 N–H and O–H groups in total. The number of nitrogens with zero attached hydrogens (tertiary/aromatic N) is 2. The third-order valence-electron chi connectivity index (χ3n) is 5.09. The maximum atomic E-state index is 13.5. The molecular formula is C25H24N2O4S. The molecule has 3 aromatic rings. The second-order valence-corrected chi connectivity index (χ2v) is 8.73. The molecule has 1 unspecified atom stereocenters. The van der Waals surface area contributed by atoms with Crippen molar-refractivity contribution in [3.63, 3.8) is 0 Å². The van der Waals surface area contributed by atoms with E-state index in [2.05, 4.69) is 4.99 Å². The summed E-state index contributed by atoms with van der Waals surface area (Å²) in [6, 6.07) is 16.5. The van der Waals surface area contributed by atoms with Crippen LogP contribution < -0.4 is 19.6 Å². The van der Waals surface area contributed by atoms with E-state index in [9.17, 15) is 9.59 Å². The molecule has 0 saturated heterocycles. The second-order valence-electron chi connectivity index (χ2n) is 7.72. The van der Waals surface area contributed by atoms with Gasteiger partial charge in [0.2, 0.25) is 0 Å². The summed E-state index contributed by atoms with van der Waals surface area (Å²) in [6.45, 7) is 5.72. The molecule has 1 atom stereocenters. The predicted octanol–water partition coefficient (Wildman–Crippen LogP) is 3.20. The lowest BCUT2D eigenvalue weighted by Crippen LogP contribution is -2.39. The van der Waals surface area contributed by atoms with Crippen LogP contribution in [0.1, 0.15) is 37.9 Å². The van der Waals surface area contributed by atoms with Gasteiger partial charge in [0.15, 0.2) is 4.80 Å². The van der Waals surface area contributed by atoms with E-state index in [1.807, 2.05) is 74.5 Å². The Kier molecular flexibility index (Phi) is 6.10. The van der Waals surface area contributed by atoms with E-state index in [1.54, 1.807) is 11.5 Å². The van der Waals surface area contributed by atoms with Crippen LogP contribution in [0, 0.1) is 0 Å². The van der Waals surface area contributed by atoms with Crippen molar-refractivity contribution in [2.24, 2.45) is 4.99 Å². The van der Waals surface area contributed by atoms with Gasteiger partial charge in [0.05, 0.1) is 35.1 Å². The fourth-order valence-electron chi connectivity index (χ4n) is 3.71. The number of carbonyl (C=O) groups excluding carboxylic acids is 1. The minimum atomic E-state index is -0.594. The first-order valence-electron chi connectivity index (χ1n) is 10.3. The average molecular weight is 449 g/mol. The number of ether oxygens (including phenoxy) is 2. The molecule has 1 aromatic heterocycles. The minimum absolute atomic E-state index is 0.0924. The third kappa shape index (κ3) is 4.16. The van der Waals surface area contributed by atoms with Gasteiger partial charge in [-0.05, 0) is 50.1 Å². The topological polar surface area (TPSA) is 69.9 Å². The Morgan fingerprint density at radius 3 is 2.44 bits per heavy atom. The van der Waals surface area contributed by atoms with E-state index in [4.69, 9.17) is 9.47 Å². The molecule has 4 rings (SSSR count). The van der Waals surface area contributed by atoms with Crippen molar-refractivity contribution >= 4 is 23.4 Å². The van der Waals surface area contributed by atoms with Crippen LogP contribution in [0.4, 0.5) is 0 Å². The van der Waals surface area contributed by atoms with Crippen molar-refractivity contribution in [1.82, 2.24) is 4.57 Å². The molecule has 0 bridgehead atoms. The maximum Gasteiger partial charge on any atom is 0.338 e. The van der Waals surface area contributed by atoms with Crippen molar-refractivity contribution in [2.45, 2.75) is 32.9 Å². The molecule has 1 aliphatic rings. The summed E-state index contributed by atoms with van der Waals surface area (Å²) in [4.78, 5) is 31.2. The van der Waals surface area contributed by atoms with Crippen LogP contribution in [-0.4, -0.2) is 23.8 Å². The Balaban J connectivity index is 1.85. The quantitative estimate of drug-likeness (QED) is 0.562. The lowest BCUT2D eigenvalue weighted by atomic mass is 9.96. The fraction of sp³-hybridized carbons (Fsp3) is 0.240. The van der Waals surface area contributed by atoms with Crippen LogP contribution in [0.25, 0.3) is 6.08 Å². The number of benzene rings is 2. The van der Waals surface area contributed by atoms with Gasteiger partial charge in [-0.3, -0.25) is 9.36 Å². The summed E-state index contributed by atoms with van der Waals surface area (Å²) in [5, 5.41) is 0. The predicted molar refractivity (Wildman–Crippen MR) is 124 cm³/mol. The fourth-order valence-corrected chi connectivity index (χ4v) is 4.76.